The molecule has 98 valence electrons. The summed E-state index contributed by atoms with van der Waals surface area (Å²) >= 11 is 0. The molecule has 2 aliphatic rings. The molecule has 1 saturated carbocycles. The van der Waals surface area contributed by atoms with Crippen molar-refractivity contribution >= 4 is 11.6 Å². The van der Waals surface area contributed by atoms with E-state index in [1.165, 1.54) is 12.8 Å². The van der Waals surface area contributed by atoms with Gasteiger partial charge in [0.2, 0.25) is 0 Å². The van der Waals surface area contributed by atoms with Crippen LogP contribution >= 0.6 is 0 Å². The summed E-state index contributed by atoms with van der Waals surface area (Å²) in [5.41, 5.74) is 0. The van der Waals surface area contributed by atoms with E-state index in [0.29, 0.717) is 6.04 Å². The predicted molar refractivity (Wildman–Crippen MR) is 70.9 cm³/mol. The zero-order chi connectivity index (χ0) is 12.5. The number of aromatic nitrogens is 2. The fraction of sp³-hybridized carbons (Fsp3) is 0.692. The number of aryl methyl sites for hydroxylation is 1. The zero-order valence-electron chi connectivity index (χ0n) is 10.8. The van der Waals surface area contributed by atoms with Gasteiger partial charge in [0, 0.05) is 25.2 Å². The highest BCUT2D eigenvalue weighted by molar-refractivity contribution is 5.50. The molecule has 0 aromatic carbocycles. The number of piperidine rings is 1. The minimum atomic E-state index is -0.145. The van der Waals surface area contributed by atoms with E-state index in [4.69, 9.17) is 0 Å². The van der Waals surface area contributed by atoms with Crippen LogP contribution in [0.2, 0.25) is 0 Å². The first-order chi connectivity index (χ1) is 8.70. The number of hydrogen-bond donors (Lipinski definition) is 2. The van der Waals surface area contributed by atoms with E-state index in [1.807, 2.05) is 13.0 Å². The Morgan fingerprint density at radius 3 is 2.61 bits per heavy atom. The van der Waals surface area contributed by atoms with Crippen molar-refractivity contribution in [1.29, 1.82) is 0 Å². The summed E-state index contributed by atoms with van der Waals surface area (Å²) in [6.45, 7) is 3.68. The summed E-state index contributed by atoms with van der Waals surface area (Å²) in [7, 11) is 0. The number of rotatable bonds is 3. The third-order valence-electron chi connectivity index (χ3n) is 3.54. The van der Waals surface area contributed by atoms with Crippen LogP contribution in [0.1, 0.15) is 31.5 Å². The second kappa shape index (κ2) is 4.72. The molecule has 0 unspecified atom stereocenters. The van der Waals surface area contributed by atoms with Gasteiger partial charge >= 0.3 is 0 Å². The molecule has 3 rings (SSSR count). The lowest BCUT2D eigenvalue weighted by atomic mass is 10.1. The molecule has 0 radical (unpaired) electrons. The van der Waals surface area contributed by atoms with Crippen LogP contribution in [0.25, 0.3) is 0 Å². The van der Waals surface area contributed by atoms with Crippen LogP contribution in [0.4, 0.5) is 11.6 Å². The molecule has 2 heterocycles. The molecule has 0 bridgehead atoms. The summed E-state index contributed by atoms with van der Waals surface area (Å²) < 4.78 is 0. The molecule has 18 heavy (non-hydrogen) atoms. The Balaban J connectivity index is 1.75. The first-order valence-electron chi connectivity index (χ1n) is 6.76. The van der Waals surface area contributed by atoms with Crippen molar-refractivity contribution in [2.75, 3.05) is 23.3 Å². The first-order valence-corrected chi connectivity index (χ1v) is 6.76. The van der Waals surface area contributed by atoms with Gasteiger partial charge in [0.25, 0.3) is 0 Å². The van der Waals surface area contributed by atoms with Crippen LogP contribution in [-0.2, 0) is 0 Å². The molecule has 2 fully saturated rings. The van der Waals surface area contributed by atoms with Crippen molar-refractivity contribution < 1.29 is 5.11 Å². The topological polar surface area (TPSA) is 61.3 Å². The van der Waals surface area contributed by atoms with Crippen molar-refractivity contribution in [3.63, 3.8) is 0 Å². The molecule has 1 saturated heterocycles. The van der Waals surface area contributed by atoms with Gasteiger partial charge in [-0.2, -0.15) is 0 Å². The molecule has 0 amide bonds. The summed E-state index contributed by atoms with van der Waals surface area (Å²) in [6.07, 6.45) is 4.00. The lowest BCUT2D eigenvalue weighted by molar-refractivity contribution is 0.145. The van der Waals surface area contributed by atoms with Gasteiger partial charge in [-0.15, -0.1) is 0 Å². The number of aliphatic hydroxyl groups is 1. The molecule has 1 aliphatic heterocycles. The van der Waals surface area contributed by atoms with Crippen LogP contribution in [0, 0.1) is 6.92 Å². The second-order valence-corrected chi connectivity index (χ2v) is 5.30. The Labute approximate surface area is 107 Å². The maximum Gasteiger partial charge on any atom is 0.134 e. The average molecular weight is 248 g/mol. The number of nitrogens with one attached hydrogen (secondary N) is 1. The molecule has 1 aliphatic carbocycles. The van der Waals surface area contributed by atoms with E-state index in [9.17, 15) is 5.11 Å². The highest BCUT2D eigenvalue weighted by atomic mass is 16.3. The minimum Gasteiger partial charge on any atom is -0.393 e. The van der Waals surface area contributed by atoms with Gasteiger partial charge in [-0.25, -0.2) is 9.97 Å². The van der Waals surface area contributed by atoms with E-state index in [-0.39, 0.29) is 6.10 Å². The molecular formula is C13H20N4O. The van der Waals surface area contributed by atoms with Gasteiger partial charge in [0.15, 0.2) is 0 Å². The molecule has 1 aromatic heterocycles. The second-order valence-electron chi connectivity index (χ2n) is 5.30. The van der Waals surface area contributed by atoms with Crippen molar-refractivity contribution in [3.8, 4) is 0 Å². The minimum absolute atomic E-state index is 0.145. The van der Waals surface area contributed by atoms with Crippen molar-refractivity contribution in [1.82, 2.24) is 9.97 Å². The first kappa shape index (κ1) is 11.7. The van der Waals surface area contributed by atoms with Crippen LogP contribution < -0.4 is 10.2 Å². The number of aliphatic hydroxyl groups excluding tert-OH is 1. The summed E-state index contributed by atoms with van der Waals surface area (Å²) in [5.74, 6) is 2.73. The van der Waals surface area contributed by atoms with Crippen LogP contribution in [0.5, 0.6) is 0 Å². The van der Waals surface area contributed by atoms with E-state index >= 15 is 0 Å². The molecule has 5 nitrogen and oxygen atoms in total. The fourth-order valence-electron chi connectivity index (χ4n) is 2.32. The number of hydrogen-bond acceptors (Lipinski definition) is 5. The monoisotopic (exact) mass is 248 g/mol. The van der Waals surface area contributed by atoms with Crippen molar-refractivity contribution in [3.05, 3.63) is 11.9 Å². The van der Waals surface area contributed by atoms with Crippen LogP contribution in [-0.4, -0.2) is 40.3 Å². The van der Waals surface area contributed by atoms with Crippen LogP contribution in [0.3, 0.4) is 0 Å². The fourth-order valence-corrected chi connectivity index (χ4v) is 2.32. The summed E-state index contributed by atoms with van der Waals surface area (Å²) in [6, 6.07) is 2.64. The molecule has 1 aromatic rings. The normalized spacial score (nSPS) is 21.1. The maximum absolute atomic E-state index is 9.54. The summed E-state index contributed by atoms with van der Waals surface area (Å²) in [5, 5.41) is 13.0. The lowest BCUT2D eigenvalue weighted by Gasteiger charge is -2.30. The van der Waals surface area contributed by atoms with Crippen molar-refractivity contribution in [2.45, 2.75) is 44.8 Å². The SMILES string of the molecule is Cc1nc(NC2CC2)cc(N2CCC(O)CC2)n1. The molecule has 0 atom stereocenters. The molecular weight excluding hydrogens is 228 g/mol. The Bertz CT molecular complexity index is 425. The molecule has 5 heteroatoms. The molecule has 0 spiro atoms. The number of nitrogens with zero attached hydrogens (tertiary/aromatic N) is 3. The Morgan fingerprint density at radius 2 is 1.94 bits per heavy atom. The van der Waals surface area contributed by atoms with Crippen molar-refractivity contribution in [2.24, 2.45) is 0 Å². The quantitative estimate of drug-likeness (QED) is 0.845. The Hall–Kier alpha value is -1.36. The maximum atomic E-state index is 9.54. The van der Waals surface area contributed by atoms with Gasteiger partial charge in [0.1, 0.15) is 17.5 Å². The standard InChI is InChI=1S/C13H20N4O/c1-9-14-12(16-10-2-3-10)8-13(15-9)17-6-4-11(18)5-7-17/h8,10-11,18H,2-7H2,1H3,(H,14,15,16). The highest BCUT2D eigenvalue weighted by Gasteiger charge is 2.23. The largest absolute Gasteiger partial charge is 0.393 e. The lowest BCUT2D eigenvalue weighted by Crippen LogP contribution is -2.36. The Kier molecular flexibility index (Phi) is 3.07. The van der Waals surface area contributed by atoms with E-state index in [2.05, 4.69) is 20.2 Å². The van der Waals surface area contributed by atoms with Gasteiger partial charge in [-0.1, -0.05) is 0 Å². The predicted octanol–water partition coefficient (Wildman–Crippen LogP) is 1.32. The Morgan fingerprint density at radius 1 is 1.22 bits per heavy atom. The smallest absolute Gasteiger partial charge is 0.134 e. The summed E-state index contributed by atoms with van der Waals surface area (Å²) in [4.78, 5) is 11.2. The van der Waals surface area contributed by atoms with E-state index in [0.717, 1.165) is 43.4 Å². The molecule has 2 N–H and O–H groups in total. The average Bonchev–Trinajstić information content (AvgIpc) is 3.13. The van der Waals surface area contributed by atoms with Gasteiger partial charge in [-0.3, -0.25) is 0 Å². The third-order valence-corrected chi connectivity index (χ3v) is 3.54. The van der Waals surface area contributed by atoms with Crippen LogP contribution in [0.15, 0.2) is 6.07 Å². The number of anilines is 2. The van der Waals surface area contributed by atoms with E-state index in [1.54, 1.807) is 0 Å². The highest BCUT2D eigenvalue weighted by Crippen LogP contribution is 2.26. The zero-order valence-corrected chi connectivity index (χ0v) is 10.8. The van der Waals surface area contributed by atoms with Gasteiger partial charge < -0.3 is 15.3 Å². The van der Waals surface area contributed by atoms with Gasteiger partial charge in [0.05, 0.1) is 6.10 Å². The van der Waals surface area contributed by atoms with E-state index < -0.39 is 0 Å². The third kappa shape index (κ3) is 2.72. The van der Waals surface area contributed by atoms with Gasteiger partial charge in [-0.05, 0) is 32.6 Å².